The third kappa shape index (κ3) is 2.63. The number of nitrogens with zero attached hydrogens (tertiary/aromatic N) is 4. The van der Waals surface area contributed by atoms with Crippen molar-refractivity contribution < 1.29 is 4.39 Å². The molecular formula is C16H15ClFN5. The van der Waals surface area contributed by atoms with Gasteiger partial charge in [-0.05, 0) is 47.6 Å². The summed E-state index contributed by atoms with van der Waals surface area (Å²) in [7, 11) is 1.78. The van der Waals surface area contributed by atoms with E-state index in [9.17, 15) is 4.39 Å². The molecule has 0 spiro atoms. The topological polar surface area (TPSA) is 55.6 Å². The number of hydrogen-bond acceptors (Lipinski definition) is 4. The second-order valence-electron chi connectivity index (χ2n) is 5.81. The quantitative estimate of drug-likeness (QED) is 0.744. The number of nitrogens with one attached hydrogen (secondary N) is 1. The van der Waals surface area contributed by atoms with E-state index in [1.807, 2.05) is 16.7 Å². The van der Waals surface area contributed by atoms with Crippen LogP contribution in [0.1, 0.15) is 17.9 Å². The van der Waals surface area contributed by atoms with Gasteiger partial charge in [0.2, 0.25) is 5.28 Å². The van der Waals surface area contributed by atoms with Gasteiger partial charge in [-0.15, -0.1) is 0 Å². The van der Waals surface area contributed by atoms with Gasteiger partial charge in [0.05, 0.1) is 6.33 Å². The highest BCUT2D eigenvalue weighted by Crippen LogP contribution is 2.48. The normalized spacial score (nSPS) is 20.0. The zero-order valence-electron chi connectivity index (χ0n) is 12.5. The number of benzene rings is 1. The van der Waals surface area contributed by atoms with Gasteiger partial charge in [-0.3, -0.25) is 0 Å². The van der Waals surface area contributed by atoms with Crippen LogP contribution in [-0.4, -0.2) is 26.6 Å². The molecule has 2 atom stereocenters. The number of imidazole rings is 1. The van der Waals surface area contributed by atoms with Gasteiger partial charge >= 0.3 is 0 Å². The maximum atomic E-state index is 13.0. The molecule has 0 radical (unpaired) electrons. The van der Waals surface area contributed by atoms with Crippen molar-refractivity contribution in [1.29, 1.82) is 0 Å². The van der Waals surface area contributed by atoms with E-state index in [4.69, 9.17) is 11.6 Å². The Hall–Kier alpha value is -2.21. The summed E-state index contributed by atoms with van der Waals surface area (Å²) < 4.78 is 15.0. The molecule has 1 aromatic carbocycles. The summed E-state index contributed by atoms with van der Waals surface area (Å²) in [5.41, 5.74) is 2.64. The zero-order chi connectivity index (χ0) is 16.0. The van der Waals surface area contributed by atoms with Crippen LogP contribution in [0.4, 0.5) is 10.2 Å². The third-order valence-electron chi connectivity index (χ3n) is 4.33. The number of hydrogen-bond donors (Lipinski definition) is 1. The van der Waals surface area contributed by atoms with Crippen LogP contribution in [0, 0.1) is 11.7 Å². The maximum absolute atomic E-state index is 13.0. The summed E-state index contributed by atoms with van der Waals surface area (Å²) in [6, 6.07) is 6.77. The van der Waals surface area contributed by atoms with Crippen LogP contribution in [0.3, 0.4) is 0 Å². The summed E-state index contributed by atoms with van der Waals surface area (Å²) in [6.45, 7) is 0.815. The van der Waals surface area contributed by atoms with E-state index in [2.05, 4.69) is 20.3 Å². The molecule has 0 aliphatic heterocycles. The first-order valence-electron chi connectivity index (χ1n) is 7.47. The minimum absolute atomic E-state index is 0.197. The molecule has 5 nitrogen and oxygen atoms in total. The zero-order valence-corrected chi connectivity index (χ0v) is 13.3. The van der Waals surface area contributed by atoms with Crippen LogP contribution in [0.15, 0.2) is 30.6 Å². The van der Waals surface area contributed by atoms with E-state index in [1.54, 1.807) is 13.4 Å². The summed E-state index contributed by atoms with van der Waals surface area (Å²) in [4.78, 5) is 12.8. The van der Waals surface area contributed by atoms with E-state index < -0.39 is 0 Å². The Morgan fingerprint density at radius 3 is 2.83 bits per heavy atom. The minimum Gasteiger partial charge on any atom is -0.371 e. The fourth-order valence-corrected chi connectivity index (χ4v) is 3.21. The Bertz CT molecular complexity index is 861. The van der Waals surface area contributed by atoms with Gasteiger partial charge in [-0.2, -0.15) is 9.97 Å². The molecule has 4 rings (SSSR count). The van der Waals surface area contributed by atoms with Crippen molar-refractivity contribution >= 4 is 28.6 Å². The van der Waals surface area contributed by atoms with Gasteiger partial charge in [0.15, 0.2) is 17.0 Å². The van der Waals surface area contributed by atoms with Crippen molar-refractivity contribution in [3.8, 4) is 0 Å². The molecule has 0 bridgehead atoms. The summed E-state index contributed by atoms with van der Waals surface area (Å²) in [6.07, 6.45) is 2.86. The third-order valence-corrected chi connectivity index (χ3v) is 4.49. The van der Waals surface area contributed by atoms with Gasteiger partial charge in [0, 0.05) is 13.6 Å². The van der Waals surface area contributed by atoms with Gasteiger partial charge < -0.3 is 9.88 Å². The lowest BCUT2D eigenvalue weighted by molar-refractivity contribution is 0.617. The lowest BCUT2D eigenvalue weighted by Crippen LogP contribution is -2.02. The molecule has 1 saturated carbocycles. The number of fused-ring (bicyclic) bond motifs is 1. The SMILES string of the molecule is CNc1nc(Cl)nc2c1ncn2CC1CC1c1ccc(F)cc1. The number of aromatic nitrogens is 4. The summed E-state index contributed by atoms with van der Waals surface area (Å²) >= 11 is 5.98. The molecule has 7 heteroatoms. The van der Waals surface area contributed by atoms with E-state index in [-0.39, 0.29) is 11.1 Å². The van der Waals surface area contributed by atoms with Crippen LogP contribution in [0.5, 0.6) is 0 Å². The molecule has 0 saturated heterocycles. The van der Waals surface area contributed by atoms with Gasteiger partial charge in [-0.1, -0.05) is 12.1 Å². The van der Waals surface area contributed by atoms with Crippen molar-refractivity contribution in [2.45, 2.75) is 18.9 Å². The van der Waals surface area contributed by atoms with Crippen LogP contribution < -0.4 is 5.32 Å². The second-order valence-corrected chi connectivity index (χ2v) is 6.15. The van der Waals surface area contributed by atoms with Crippen molar-refractivity contribution in [2.24, 2.45) is 5.92 Å². The first-order valence-corrected chi connectivity index (χ1v) is 7.85. The first kappa shape index (κ1) is 14.4. The number of halogens is 2. The Labute approximate surface area is 137 Å². The summed E-state index contributed by atoms with van der Waals surface area (Å²) in [5.74, 6) is 1.40. The maximum Gasteiger partial charge on any atom is 0.226 e. The smallest absolute Gasteiger partial charge is 0.226 e. The number of anilines is 1. The average molecular weight is 332 g/mol. The lowest BCUT2D eigenvalue weighted by Gasteiger charge is -2.05. The first-order chi connectivity index (χ1) is 11.2. The molecule has 2 unspecified atom stereocenters. The van der Waals surface area contributed by atoms with Crippen molar-refractivity contribution in [1.82, 2.24) is 19.5 Å². The van der Waals surface area contributed by atoms with E-state index in [0.717, 1.165) is 24.1 Å². The van der Waals surface area contributed by atoms with E-state index >= 15 is 0 Å². The lowest BCUT2D eigenvalue weighted by atomic mass is 10.1. The molecule has 2 heterocycles. The Balaban J connectivity index is 1.57. The highest BCUT2D eigenvalue weighted by atomic mass is 35.5. The molecule has 0 amide bonds. The Morgan fingerprint density at radius 2 is 2.09 bits per heavy atom. The predicted molar refractivity (Wildman–Crippen MR) is 87.1 cm³/mol. The van der Waals surface area contributed by atoms with Crippen molar-refractivity contribution in [3.05, 3.63) is 47.3 Å². The Morgan fingerprint density at radius 1 is 1.30 bits per heavy atom. The Kier molecular flexibility index (Phi) is 3.41. The highest BCUT2D eigenvalue weighted by Gasteiger charge is 2.38. The van der Waals surface area contributed by atoms with Gasteiger partial charge in [0.25, 0.3) is 0 Å². The van der Waals surface area contributed by atoms with Crippen LogP contribution in [-0.2, 0) is 6.54 Å². The van der Waals surface area contributed by atoms with Gasteiger partial charge in [0.1, 0.15) is 5.82 Å². The van der Waals surface area contributed by atoms with Crippen molar-refractivity contribution in [2.75, 3.05) is 12.4 Å². The summed E-state index contributed by atoms with van der Waals surface area (Å²) in [5, 5.41) is 3.19. The van der Waals surface area contributed by atoms with Crippen LogP contribution in [0.2, 0.25) is 5.28 Å². The van der Waals surface area contributed by atoms with Crippen LogP contribution in [0.25, 0.3) is 11.2 Å². The predicted octanol–water partition coefficient (Wildman–Crippen LogP) is 3.46. The molecular weight excluding hydrogens is 317 g/mol. The molecule has 2 aromatic heterocycles. The average Bonchev–Trinajstić information content (AvgIpc) is 3.20. The molecule has 1 N–H and O–H groups in total. The fraction of sp³-hybridized carbons (Fsp3) is 0.312. The van der Waals surface area contributed by atoms with Gasteiger partial charge in [-0.25, -0.2) is 9.37 Å². The molecule has 1 aliphatic carbocycles. The largest absolute Gasteiger partial charge is 0.371 e. The molecule has 1 fully saturated rings. The number of rotatable bonds is 4. The minimum atomic E-state index is -0.197. The van der Waals surface area contributed by atoms with Crippen LogP contribution >= 0.6 is 11.6 Å². The molecule has 1 aliphatic rings. The molecule has 118 valence electrons. The van der Waals surface area contributed by atoms with Crippen molar-refractivity contribution in [3.63, 3.8) is 0 Å². The monoisotopic (exact) mass is 331 g/mol. The van der Waals surface area contributed by atoms with E-state index in [0.29, 0.717) is 17.7 Å². The standard InChI is InChI=1S/C16H15ClFN5/c1-19-14-13-15(22-16(17)21-14)23(8-20-13)7-10-6-12(10)9-2-4-11(18)5-3-9/h2-5,8,10,12H,6-7H2,1H3,(H,19,21,22). The molecule has 3 aromatic rings. The fourth-order valence-electron chi connectivity index (χ4n) is 3.05. The molecule has 23 heavy (non-hydrogen) atoms. The second kappa shape index (κ2) is 5.45. The van der Waals surface area contributed by atoms with E-state index in [1.165, 1.54) is 17.7 Å². The highest BCUT2D eigenvalue weighted by molar-refractivity contribution is 6.28.